The van der Waals surface area contributed by atoms with Crippen molar-refractivity contribution in [3.63, 3.8) is 0 Å². The fourth-order valence-electron chi connectivity index (χ4n) is 6.98. The molecule has 0 aliphatic carbocycles. The molecule has 0 spiro atoms. The molecule has 0 saturated carbocycles. The van der Waals surface area contributed by atoms with Crippen LogP contribution in [0.25, 0.3) is 112 Å². The predicted octanol–water partition coefficient (Wildman–Crippen LogP) is 9.02. The molecular formula is C38H22N8. The van der Waals surface area contributed by atoms with E-state index < -0.39 is 0 Å². The van der Waals surface area contributed by atoms with Crippen molar-refractivity contribution >= 4 is 112 Å². The normalized spacial score (nSPS) is 13.0. The first-order valence-corrected chi connectivity index (χ1v) is 15.2. The summed E-state index contributed by atoms with van der Waals surface area (Å²) >= 11 is 0. The molecule has 8 aromatic heterocycles. The molecule has 8 heteroatoms. The van der Waals surface area contributed by atoms with Crippen LogP contribution in [0, 0.1) is 0 Å². The number of aromatic nitrogens is 8. The van der Waals surface area contributed by atoms with Gasteiger partial charge in [-0.3, -0.25) is 0 Å². The van der Waals surface area contributed by atoms with E-state index in [1.807, 2.05) is 24.3 Å². The van der Waals surface area contributed by atoms with Crippen molar-refractivity contribution in [1.29, 1.82) is 0 Å². The maximum Gasteiger partial charge on any atom is 0.0958 e. The Morgan fingerprint density at radius 2 is 0.717 bits per heavy atom. The molecule has 0 atom stereocenters. The summed E-state index contributed by atoms with van der Waals surface area (Å²) in [5, 5.41) is 4.15. The number of hydrogen-bond donors (Lipinski definition) is 4. The second-order valence-electron chi connectivity index (χ2n) is 12.1. The van der Waals surface area contributed by atoms with Crippen molar-refractivity contribution in [3.05, 3.63) is 108 Å². The smallest absolute Gasteiger partial charge is 0.0958 e. The molecule has 46 heavy (non-hydrogen) atoms. The Morgan fingerprint density at radius 1 is 0.326 bits per heavy atom. The first-order valence-electron chi connectivity index (χ1n) is 15.2. The van der Waals surface area contributed by atoms with Crippen molar-refractivity contribution < 1.29 is 0 Å². The largest absolute Gasteiger partial charge is 0.355 e. The Hall–Kier alpha value is -6.54. The summed E-state index contributed by atoms with van der Waals surface area (Å²) in [5.41, 5.74) is 14.9. The second-order valence-corrected chi connectivity index (χ2v) is 12.1. The van der Waals surface area contributed by atoms with Crippen molar-refractivity contribution in [1.82, 2.24) is 39.9 Å². The summed E-state index contributed by atoms with van der Waals surface area (Å²) in [5.74, 6) is 0. The number of rotatable bonds is 0. The van der Waals surface area contributed by atoms with Crippen molar-refractivity contribution in [2.45, 2.75) is 0 Å². The van der Waals surface area contributed by atoms with Gasteiger partial charge in [-0.2, -0.15) is 0 Å². The molecule has 0 amide bonds. The van der Waals surface area contributed by atoms with Crippen LogP contribution in [0.4, 0.5) is 0 Å². The summed E-state index contributed by atoms with van der Waals surface area (Å²) in [6.45, 7) is 0. The predicted molar refractivity (Wildman–Crippen MR) is 188 cm³/mol. The highest BCUT2D eigenvalue weighted by Crippen LogP contribution is 2.37. The number of fused-ring (bicyclic) bond motifs is 14. The number of hydrogen-bond acceptors (Lipinski definition) is 4. The van der Waals surface area contributed by atoms with Crippen LogP contribution < -0.4 is 0 Å². The fourth-order valence-corrected chi connectivity index (χ4v) is 6.98. The van der Waals surface area contributed by atoms with Gasteiger partial charge in [0, 0.05) is 54.6 Å². The molecule has 16 bridgehead atoms. The third-order valence-electron chi connectivity index (χ3n) is 8.96. The van der Waals surface area contributed by atoms with Crippen LogP contribution in [0.1, 0.15) is 22.8 Å². The topological polar surface area (TPSA) is 115 Å². The monoisotopic (exact) mass is 590 g/mol. The standard InChI is InChI=1S/C38H22N8/c1-5-23-11-27-15-31-32-17-29-13-25-7-3-21(41-25)10-22-4-8-26(42-22)14-30-18-34(38(46-30)37(32)45-29)33-16-28(44-36(33)35(31)43-27)12-24-6-2-20(40-24)9-19(1)39-23/h1-18,39,41,44,46H. The molecular weight excluding hydrogens is 568 g/mol. The third-order valence-corrected chi connectivity index (χ3v) is 8.96. The summed E-state index contributed by atoms with van der Waals surface area (Å²) in [7, 11) is 0. The Bertz CT molecular complexity index is 2830. The van der Waals surface area contributed by atoms with Crippen molar-refractivity contribution in [3.8, 4) is 0 Å². The molecule has 0 radical (unpaired) electrons. The van der Waals surface area contributed by atoms with Gasteiger partial charge in [-0.25, -0.2) is 19.9 Å². The lowest BCUT2D eigenvalue weighted by atomic mass is 10.1. The van der Waals surface area contributed by atoms with Crippen LogP contribution >= 0.6 is 0 Å². The zero-order chi connectivity index (χ0) is 29.9. The second kappa shape index (κ2) is 8.55. The molecule has 2 aliphatic rings. The van der Waals surface area contributed by atoms with E-state index in [-0.39, 0.29) is 0 Å². The Balaban J connectivity index is 1.40. The van der Waals surface area contributed by atoms with Crippen molar-refractivity contribution in [2.24, 2.45) is 0 Å². The van der Waals surface area contributed by atoms with Gasteiger partial charge in [-0.15, -0.1) is 0 Å². The fraction of sp³-hybridized carbons (Fsp3) is 0. The molecule has 2 aliphatic heterocycles. The van der Waals surface area contributed by atoms with Gasteiger partial charge in [-0.1, -0.05) is 0 Å². The van der Waals surface area contributed by atoms with Crippen LogP contribution in [0.5, 0.6) is 0 Å². The average Bonchev–Trinajstić information content (AvgIpc) is 3.86. The molecule has 8 nitrogen and oxygen atoms in total. The first kappa shape index (κ1) is 23.9. The van der Waals surface area contributed by atoms with Crippen molar-refractivity contribution in [2.75, 3.05) is 0 Å². The SMILES string of the molecule is C1=Cc2cc3cc4c5cc6cc7nc(cc8ccc(cc9cc(c%10cc(cc%11ccc(cc1n2)[nH]%11)nc%10c4[nH]3)c(n9)c5[nH]6)[nH]8)C=C7. The van der Waals surface area contributed by atoms with E-state index >= 15 is 0 Å². The molecule has 9 aromatic rings. The van der Waals surface area contributed by atoms with Gasteiger partial charge in [0.15, 0.2) is 0 Å². The van der Waals surface area contributed by atoms with E-state index in [1.165, 1.54) is 0 Å². The lowest BCUT2D eigenvalue weighted by Crippen LogP contribution is -1.76. The van der Waals surface area contributed by atoms with Gasteiger partial charge < -0.3 is 19.9 Å². The van der Waals surface area contributed by atoms with Gasteiger partial charge >= 0.3 is 0 Å². The summed E-state index contributed by atoms with van der Waals surface area (Å²) in [6.07, 6.45) is 8.17. The number of nitrogens with one attached hydrogen (secondary N) is 4. The minimum Gasteiger partial charge on any atom is -0.355 e. The maximum absolute atomic E-state index is 5.25. The lowest BCUT2D eigenvalue weighted by molar-refractivity contribution is 1.32. The van der Waals surface area contributed by atoms with Crippen LogP contribution in [-0.4, -0.2) is 39.9 Å². The van der Waals surface area contributed by atoms with Crippen LogP contribution in [-0.2, 0) is 0 Å². The van der Waals surface area contributed by atoms with E-state index in [0.717, 1.165) is 111 Å². The highest BCUT2D eigenvalue weighted by Gasteiger charge is 2.16. The van der Waals surface area contributed by atoms with Gasteiger partial charge in [0.1, 0.15) is 0 Å². The van der Waals surface area contributed by atoms with Gasteiger partial charge in [0.25, 0.3) is 0 Å². The van der Waals surface area contributed by atoms with Crippen LogP contribution in [0.3, 0.4) is 0 Å². The highest BCUT2D eigenvalue weighted by molar-refractivity contribution is 6.26. The van der Waals surface area contributed by atoms with E-state index in [2.05, 4.69) is 105 Å². The van der Waals surface area contributed by atoms with Gasteiger partial charge in [0.05, 0.1) is 55.9 Å². The van der Waals surface area contributed by atoms with Gasteiger partial charge in [-0.05, 0) is 109 Å². The summed E-state index contributed by atoms with van der Waals surface area (Å²) in [4.78, 5) is 34.7. The molecule has 10 heterocycles. The molecule has 0 fully saturated rings. The number of H-pyrrole nitrogens is 4. The Labute approximate surface area is 259 Å². The van der Waals surface area contributed by atoms with E-state index in [1.54, 1.807) is 0 Å². The molecule has 0 unspecified atom stereocenters. The third kappa shape index (κ3) is 3.61. The quantitative estimate of drug-likeness (QED) is 0.141. The zero-order valence-corrected chi connectivity index (χ0v) is 24.2. The lowest BCUT2D eigenvalue weighted by Gasteiger charge is -1.96. The number of nitrogens with zero attached hydrogens (tertiary/aromatic N) is 4. The average molecular weight is 591 g/mol. The Morgan fingerprint density at radius 3 is 1.15 bits per heavy atom. The summed E-state index contributed by atoms with van der Waals surface area (Å²) < 4.78 is 0. The zero-order valence-electron chi connectivity index (χ0n) is 24.2. The van der Waals surface area contributed by atoms with Crippen LogP contribution in [0.2, 0.25) is 0 Å². The highest BCUT2D eigenvalue weighted by atomic mass is 14.8. The number of aromatic amines is 4. The van der Waals surface area contributed by atoms with E-state index in [0.29, 0.717) is 0 Å². The summed E-state index contributed by atoms with van der Waals surface area (Å²) in [6, 6.07) is 29.5. The minimum atomic E-state index is 0.870. The molecule has 11 rings (SSSR count). The van der Waals surface area contributed by atoms with E-state index in [4.69, 9.17) is 19.9 Å². The molecule has 1 aromatic carbocycles. The van der Waals surface area contributed by atoms with E-state index in [9.17, 15) is 0 Å². The Kier molecular flexibility index (Phi) is 4.43. The minimum absolute atomic E-state index is 0.870. The molecule has 214 valence electrons. The maximum atomic E-state index is 5.25. The molecule has 0 saturated heterocycles. The van der Waals surface area contributed by atoms with Gasteiger partial charge in [0.2, 0.25) is 0 Å². The van der Waals surface area contributed by atoms with Crippen LogP contribution in [0.15, 0.2) is 84.9 Å². The first-order chi connectivity index (χ1) is 22.6. The molecule has 4 N–H and O–H groups in total.